The van der Waals surface area contributed by atoms with Crippen molar-refractivity contribution in [3.63, 3.8) is 0 Å². The lowest BCUT2D eigenvalue weighted by Gasteiger charge is -2.26. The second-order valence-electron chi connectivity index (χ2n) is 18.0. The van der Waals surface area contributed by atoms with E-state index in [2.05, 4.69) is 42.5 Å². The molecule has 0 saturated carbocycles. The number of hydrogen-bond acceptors (Lipinski definition) is 11. The number of nitrogens with two attached hydrogens (primary N) is 1. The van der Waals surface area contributed by atoms with E-state index in [1.54, 1.807) is 35.8 Å². The van der Waals surface area contributed by atoms with Gasteiger partial charge >= 0.3 is 6.03 Å². The summed E-state index contributed by atoms with van der Waals surface area (Å²) in [5.41, 5.74) is 8.87. The Balaban J connectivity index is 1.19. The van der Waals surface area contributed by atoms with Gasteiger partial charge in [-0.25, -0.2) is 10.3 Å². The average molecular weight is 979 g/mol. The predicted molar refractivity (Wildman–Crippen MR) is 259 cm³/mol. The minimum Gasteiger partial charge on any atom is -0.368 e. The Bertz CT molecular complexity index is 2030. The fraction of sp³-hybridized carbons (Fsp3) is 0.562. The molecule has 10 amide bonds. The highest BCUT2D eigenvalue weighted by molar-refractivity contribution is 8.00. The van der Waals surface area contributed by atoms with Gasteiger partial charge in [0.05, 0.1) is 25.2 Å². The minimum atomic E-state index is -1.17. The fourth-order valence-corrected chi connectivity index (χ4v) is 9.79. The first-order valence-electron chi connectivity index (χ1n) is 23.8. The summed E-state index contributed by atoms with van der Waals surface area (Å²) in [4.78, 5) is 115. The molecule has 0 aliphatic carbocycles. The summed E-state index contributed by atoms with van der Waals surface area (Å²) < 4.78 is 0. The zero-order valence-electron chi connectivity index (χ0n) is 39.5. The molecule has 2 heterocycles. The van der Waals surface area contributed by atoms with Crippen LogP contribution in [0.4, 0.5) is 4.79 Å². The largest absolute Gasteiger partial charge is 0.368 e. The van der Waals surface area contributed by atoms with Crippen LogP contribution in [0, 0.1) is 11.8 Å². The first-order chi connectivity index (χ1) is 33.1. The normalized spacial score (nSPS) is 17.7. The summed E-state index contributed by atoms with van der Waals surface area (Å²) in [6.45, 7) is 3.02. The average Bonchev–Trinajstić information content (AvgIpc) is 3.89. The molecule has 2 saturated heterocycles. The zero-order valence-corrected chi connectivity index (χ0v) is 40.3. The van der Waals surface area contributed by atoms with Crippen molar-refractivity contribution in [2.75, 3.05) is 25.4 Å². The van der Waals surface area contributed by atoms with E-state index >= 15 is 0 Å². The van der Waals surface area contributed by atoms with E-state index in [4.69, 9.17) is 5.73 Å². The fourth-order valence-electron chi connectivity index (χ4n) is 8.24. The standard InChI is InChI=1S/C48H70N10O10S/c1-30(2)24-35(55-47(66)36(25-32-16-7-4-8-17-32)54-45(64)33(26-40(60)58-68)19-13-18-31-14-5-3-6-15-31)46(65)52-27-41(61)51-28-42(62)53-34(44(49)63)20-11-12-23-50-39(59)22-10-9-21-38-43-37(29-69-38)56-48(67)57-43/h3-8,14-17,30,33-38,43,68H,9-13,18-29H2,1-2H3,(H2,49,63)(H,50,59)(H,51,61)(H,52,65)(H,53,62)(H,54,64)(H,55,66)(H,58,60)(H2,56,57,67)/t33?,34-,35-,36-,37-,38-,43-/m0/s1. The topological polar surface area (TPSA) is 308 Å². The Morgan fingerprint density at radius 3 is 2.06 bits per heavy atom. The van der Waals surface area contributed by atoms with Gasteiger partial charge in [0.15, 0.2) is 0 Å². The number of unbranched alkanes of at least 4 members (excludes halogenated alkanes) is 2. The molecule has 12 N–H and O–H groups in total. The van der Waals surface area contributed by atoms with Crippen LogP contribution in [0.1, 0.15) is 95.6 Å². The number of hydrogen-bond donors (Lipinski definition) is 11. The number of rotatable bonds is 31. The number of aryl methyl sites for hydroxylation is 1. The molecule has 0 aromatic heterocycles. The molecule has 0 bridgehead atoms. The van der Waals surface area contributed by atoms with E-state index in [-0.39, 0.29) is 62.0 Å². The number of thioether (sulfide) groups is 1. The summed E-state index contributed by atoms with van der Waals surface area (Å²) in [6.07, 6.45) is 5.51. The van der Waals surface area contributed by atoms with Gasteiger partial charge in [0, 0.05) is 42.7 Å². The number of amides is 10. The number of carbonyl (C=O) groups excluding carboxylic acids is 9. The minimum absolute atomic E-state index is 0.0570. The smallest absolute Gasteiger partial charge is 0.315 e. The Morgan fingerprint density at radius 2 is 1.38 bits per heavy atom. The van der Waals surface area contributed by atoms with Gasteiger partial charge in [-0.05, 0) is 74.8 Å². The molecule has 2 aliphatic rings. The van der Waals surface area contributed by atoms with Crippen LogP contribution in [0.2, 0.25) is 0 Å². The Labute approximate surface area is 407 Å². The zero-order chi connectivity index (χ0) is 50.1. The van der Waals surface area contributed by atoms with Crippen molar-refractivity contribution in [3.05, 3.63) is 71.8 Å². The van der Waals surface area contributed by atoms with Crippen LogP contribution in [-0.4, -0.2) is 119 Å². The molecule has 21 heteroatoms. The molecule has 4 rings (SSSR count). The van der Waals surface area contributed by atoms with Crippen molar-refractivity contribution in [3.8, 4) is 0 Å². The number of hydroxylamine groups is 1. The van der Waals surface area contributed by atoms with Gasteiger partial charge < -0.3 is 48.3 Å². The van der Waals surface area contributed by atoms with Gasteiger partial charge in [-0.1, -0.05) is 80.9 Å². The van der Waals surface area contributed by atoms with Gasteiger partial charge in [0.2, 0.25) is 47.3 Å². The second kappa shape index (κ2) is 29.6. The maximum Gasteiger partial charge on any atom is 0.315 e. The highest BCUT2D eigenvalue weighted by Crippen LogP contribution is 2.33. The molecular weight excluding hydrogens is 909 g/mol. The molecule has 1 unspecified atom stereocenters. The number of benzene rings is 2. The molecule has 2 fully saturated rings. The quantitative estimate of drug-likeness (QED) is 0.0219. The van der Waals surface area contributed by atoms with Crippen molar-refractivity contribution in [1.82, 2.24) is 48.0 Å². The number of nitrogens with one attached hydrogen (secondary N) is 9. The van der Waals surface area contributed by atoms with Crippen molar-refractivity contribution in [2.24, 2.45) is 17.6 Å². The number of primary amides is 1. The van der Waals surface area contributed by atoms with E-state index in [9.17, 15) is 48.4 Å². The number of urea groups is 1. The van der Waals surface area contributed by atoms with E-state index in [1.165, 1.54) is 0 Å². The van der Waals surface area contributed by atoms with Crippen LogP contribution in [0.15, 0.2) is 60.7 Å². The maximum atomic E-state index is 14.0. The van der Waals surface area contributed by atoms with Gasteiger partial charge in [0.1, 0.15) is 18.1 Å². The van der Waals surface area contributed by atoms with Crippen LogP contribution in [0.3, 0.4) is 0 Å². The van der Waals surface area contributed by atoms with Crippen LogP contribution in [0.25, 0.3) is 0 Å². The Morgan fingerprint density at radius 1 is 0.696 bits per heavy atom. The van der Waals surface area contributed by atoms with Crippen molar-refractivity contribution in [2.45, 2.75) is 133 Å². The van der Waals surface area contributed by atoms with E-state index < -0.39 is 78.5 Å². The second-order valence-corrected chi connectivity index (χ2v) is 19.3. The first kappa shape index (κ1) is 55.4. The molecular formula is C48H70N10O10S. The molecule has 20 nitrogen and oxygen atoms in total. The van der Waals surface area contributed by atoms with Crippen LogP contribution < -0.4 is 53.7 Å². The van der Waals surface area contributed by atoms with E-state index in [1.807, 2.05) is 55.9 Å². The molecule has 7 atom stereocenters. The third-order valence-electron chi connectivity index (χ3n) is 11.9. The van der Waals surface area contributed by atoms with Gasteiger partial charge in [0.25, 0.3) is 0 Å². The molecule has 69 heavy (non-hydrogen) atoms. The predicted octanol–water partition coefficient (Wildman–Crippen LogP) is 0.994. The Kier molecular flexibility index (Phi) is 23.8. The number of carbonyl (C=O) groups is 9. The lowest BCUT2D eigenvalue weighted by Crippen LogP contribution is -2.56. The van der Waals surface area contributed by atoms with Crippen molar-refractivity contribution < 1.29 is 48.4 Å². The van der Waals surface area contributed by atoms with E-state index in [0.29, 0.717) is 43.9 Å². The summed E-state index contributed by atoms with van der Waals surface area (Å²) in [7, 11) is 0. The lowest BCUT2D eigenvalue weighted by molar-refractivity contribution is -0.137. The highest BCUT2D eigenvalue weighted by Gasteiger charge is 2.42. The molecule has 2 aromatic rings. The molecule has 378 valence electrons. The van der Waals surface area contributed by atoms with Gasteiger partial charge in [-0.15, -0.1) is 0 Å². The van der Waals surface area contributed by atoms with E-state index in [0.717, 1.165) is 36.1 Å². The molecule has 0 spiro atoms. The van der Waals surface area contributed by atoms with Crippen LogP contribution in [-0.2, 0) is 51.2 Å². The first-order valence-corrected chi connectivity index (χ1v) is 24.9. The highest BCUT2D eigenvalue weighted by atomic mass is 32.2. The third kappa shape index (κ3) is 20.5. The monoisotopic (exact) mass is 978 g/mol. The van der Waals surface area contributed by atoms with Gasteiger partial charge in [-0.2, -0.15) is 11.8 Å². The third-order valence-corrected chi connectivity index (χ3v) is 13.4. The Hall–Kier alpha value is -6.22. The lowest BCUT2D eigenvalue weighted by atomic mass is 9.94. The summed E-state index contributed by atoms with van der Waals surface area (Å²) in [5.74, 6) is -5.00. The summed E-state index contributed by atoms with van der Waals surface area (Å²) in [5, 5.41) is 31.3. The molecule has 0 radical (unpaired) electrons. The SMILES string of the molecule is CC(C)C[C@H](NC(=O)[C@H](Cc1ccccc1)NC(=O)C(CCCc1ccccc1)CC(=O)NO)C(=O)NCC(=O)NCC(=O)N[C@@H](CCCCNC(=O)CCCC[C@@H]1SC[C@@H]2NC(=O)N[C@@H]21)C(N)=O. The van der Waals surface area contributed by atoms with Gasteiger partial charge in [-0.3, -0.25) is 43.6 Å². The maximum absolute atomic E-state index is 14.0. The van der Waals surface area contributed by atoms with Crippen LogP contribution in [0.5, 0.6) is 0 Å². The molecule has 2 aliphatic heterocycles. The molecule has 2 aromatic carbocycles. The van der Waals surface area contributed by atoms with Crippen molar-refractivity contribution in [1.29, 1.82) is 0 Å². The van der Waals surface area contributed by atoms with Crippen LogP contribution >= 0.6 is 11.8 Å². The summed E-state index contributed by atoms with van der Waals surface area (Å²) in [6, 6.07) is 15.4. The van der Waals surface area contributed by atoms with Crippen molar-refractivity contribution >= 4 is 65.1 Å². The number of fused-ring (bicyclic) bond motifs is 1. The summed E-state index contributed by atoms with van der Waals surface area (Å²) >= 11 is 1.84.